The zero-order valence-electron chi connectivity index (χ0n) is 12.9. The quantitative estimate of drug-likeness (QED) is 0.439. The fourth-order valence-corrected chi connectivity index (χ4v) is 3.47. The molecule has 0 amide bonds. The Bertz CT molecular complexity index is 1100. The fraction of sp³-hybridized carbons (Fsp3) is 0.0556. The summed E-state index contributed by atoms with van der Waals surface area (Å²) in [6.07, 6.45) is 1.72. The first-order valence-electron chi connectivity index (χ1n) is 7.73. The summed E-state index contributed by atoms with van der Waals surface area (Å²) in [5.41, 5.74) is 3.67. The van der Waals surface area contributed by atoms with Gasteiger partial charge in [-0.25, -0.2) is 14.6 Å². The molecule has 0 aliphatic carbocycles. The van der Waals surface area contributed by atoms with E-state index in [-0.39, 0.29) is 0 Å². The highest BCUT2D eigenvalue weighted by Crippen LogP contribution is 2.35. The standard InChI is InChI=1S/C18H11Cl2N5/c19-12-6-7-14-13(8-12)18-22-17(11-4-2-1-3-5-11)23-25(18)9-15-16(20)21-10-24(14)15/h1-8,10H,9H2. The lowest BCUT2D eigenvalue weighted by atomic mass is 10.1. The molecule has 0 N–H and O–H groups in total. The molecule has 5 nitrogen and oxygen atoms in total. The number of rotatable bonds is 1. The first-order valence-corrected chi connectivity index (χ1v) is 8.48. The smallest absolute Gasteiger partial charge is 0.181 e. The van der Waals surface area contributed by atoms with Crippen molar-refractivity contribution in [3.8, 4) is 28.5 Å². The Labute approximate surface area is 153 Å². The molecule has 2 aromatic carbocycles. The molecular formula is C18H11Cl2N5. The van der Waals surface area contributed by atoms with Crippen molar-refractivity contribution in [2.24, 2.45) is 0 Å². The van der Waals surface area contributed by atoms with E-state index < -0.39 is 0 Å². The minimum atomic E-state index is 0.463. The molecule has 4 aromatic rings. The Kier molecular flexibility index (Phi) is 3.20. The lowest BCUT2D eigenvalue weighted by Crippen LogP contribution is -2.04. The molecule has 1 aliphatic rings. The highest BCUT2D eigenvalue weighted by molar-refractivity contribution is 6.31. The number of aromatic nitrogens is 5. The number of imidazole rings is 1. The Morgan fingerprint density at radius 3 is 2.68 bits per heavy atom. The number of benzene rings is 2. The number of fused-ring (bicyclic) bond motifs is 5. The van der Waals surface area contributed by atoms with Gasteiger partial charge in [0, 0.05) is 16.1 Å². The second-order valence-corrected chi connectivity index (χ2v) is 6.59. The van der Waals surface area contributed by atoms with E-state index >= 15 is 0 Å². The van der Waals surface area contributed by atoms with Crippen molar-refractivity contribution in [3.05, 3.63) is 70.7 Å². The Balaban J connectivity index is 1.79. The Morgan fingerprint density at radius 2 is 1.84 bits per heavy atom. The molecule has 5 rings (SSSR count). The molecule has 0 fully saturated rings. The molecule has 3 heterocycles. The molecule has 0 bridgehead atoms. The maximum absolute atomic E-state index is 6.30. The minimum absolute atomic E-state index is 0.463. The van der Waals surface area contributed by atoms with Crippen LogP contribution in [0.15, 0.2) is 54.9 Å². The van der Waals surface area contributed by atoms with E-state index in [0.717, 1.165) is 28.3 Å². The van der Waals surface area contributed by atoms with Crippen LogP contribution in [0.25, 0.3) is 28.5 Å². The molecular weight excluding hydrogens is 357 g/mol. The van der Waals surface area contributed by atoms with Crippen LogP contribution in [0.3, 0.4) is 0 Å². The summed E-state index contributed by atoms with van der Waals surface area (Å²) >= 11 is 12.5. The summed E-state index contributed by atoms with van der Waals surface area (Å²) in [7, 11) is 0. The molecule has 0 unspecified atom stereocenters. The van der Waals surface area contributed by atoms with E-state index in [9.17, 15) is 0 Å². The van der Waals surface area contributed by atoms with Gasteiger partial charge in [0.1, 0.15) is 6.33 Å². The van der Waals surface area contributed by atoms with Crippen LogP contribution in [-0.4, -0.2) is 24.3 Å². The third-order valence-electron chi connectivity index (χ3n) is 4.28. The fourth-order valence-electron chi connectivity index (χ4n) is 3.10. The largest absolute Gasteiger partial charge is 0.299 e. The lowest BCUT2D eigenvalue weighted by molar-refractivity contribution is 0.679. The molecule has 0 spiro atoms. The molecule has 1 aliphatic heterocycles. The van der Waals surface area contributed by atoms with Crippen molar-refractivity contribution >= 4 is 23.2 Å². The maximum Gasteiger partial charge on any atom is 0.181 e. The molecule has 25 heavy (non-hydrogen) atoms. The molecule has 7 heteroatoms. The first kappa shape index (κ1) is 14.7. The van der Waals surface area contributed by atoms with Crippen molar-refractivity contribution in [2.45, 2.75) is 6.54 Å². The Hall–Kier alpha value is -2.63. The van der Waals surface area contributed by atoms with E-state index in [2.05, 4.69) is 4.98 Å². The van der Waals surface area contributed by atoms with Gasteiger partial charge in [0.25, 0.3) is 0 Å². The topological polar surface area (TPSA) is 48.5 Å². The van der Waals surface area contributed by atoms with Crippen LogP contribution in [0.2, 0.25) is 10.2 Å². The normalized spacial score (nSPS) is 12.2. The predicted molar refractivity (Wildman–Crippen MR) is 97.1 cm³/mol. The van der Waals surface area contributed by atoms with Crippen LogP contribution in [0.5, 0.6) is 0 Å². The predicted octanol–water partition coefficient (Wildman–Crippen LogP) is 4.47. The molecule has 0 radical (unpaired) electrons. The van der Waals surface area contributed by atoms with Crippen molar-refractivity contribution in [3.63, 3.8) is 0 Å². The molecule has 122 valence electrons. The summed E-state index contributed by atoms with van der Waals surface area (Å²) < 4.78 is 3.82. The third-order valence-corrected chi connectivity index (χ3v) is 4.83. The van der Waals surface area contributed by atoms with E-state index in [1.165, 1.54) is 0 Å². The van der Waals surface area contributed by atoms with Gasteiger partial charge in [-0.1, -0.05) is 53.5 Å². The van der Waals surface area contributed by atoms with Gasteiger partial charge in [-0.2, -0.15) is 5.10 Å². The SMILES string of the molecule is Clc1ccc2c(c1)-c1nc(-c3ccccc3)nn1Cc1c(Cl)ncn1-2. The summed E-state index contributed by atoms with van der Waals surface area (Å²) in [4.78, 5) is 9.01. The van der Waals surface area contributed by atoms with Crippen molar-refractivity contribution in [1.82, 2.24) is 24.3 Å². The van der Waals surface area contributed by atoms with Gasteiger partial charge in [0.2, 0.25) is 0 Å². The summed E-state index contributed by atoms with van der Waals surface area (Å²) in [5.74, 6) is 1.43. The van der Waals surface area contributed by atoms with Gasteiger partial charge in [-0.3, -0.25) is 4.57 Å². The van der Waals surface area contributed by atoms with Gasteiger partial charge in [-0.05, 0) is 18.2 Å². The lowest BCUT2D eigenvalue weighted by Gasteiger charge is -2.08. The van der Waals surface area contributed by atoms with Gasteiger partial charge < -0.3 is 0 Å². The number of halogens is 2. The van der Waals surface area contributed by atoms with Crippen LogP contribution < -0.4 is 0 Å². The van der Waals surface area contributed by atoms with Gasteiger partial charge >= 0.3 is 0 Å². The van der Waals surface area contributed by atoms with Crippen molar-refractivity contribution in [2.75, 3.05) is 0 Å². The zero-order chi connectivity index (χ0) is 17.0. The minimum Gasteiger partial charge on any atom is -0.299 e. The summed E-state index contributed by atoms with van der Waals surface area (Å²) in [6, 6.07) is 15.6. The molecule has 0 saturated carbocycles. The van der Waals surface area contributed by atoms with Gasteiger partial charge in [0.15, 0.2) is 16.8 Å². The molecule has 0 atom stereocenters. The van der Waals surface area contributed by atoms with Crippen molar-refractivity contribution in [1.29, 1.82) is 0 Å². The van der Waals surface area contributed by atoms with E-state index in [1.54, 1.807) is 6.33 Å². The van der Waals surface area contributed by atoms with Crippen LogP contribution in [0.4, 0.5) is 0 Å². The third kappa shape index (κ3) is 2.27. The second kappa shape index (κ2) is 5.44. The highest BCUT2D eigenvalue weighted by atomic mass is 35.5. The number of hydrogen-bond acceptors (Lipinski definition) is 3. The maximum atomic E-state index is 6.30. The van der Waals surface area contributed by atoms with Crippen LogP contribution in [0.1, 0.15) is 5.69 Å². The average Bonchev–Trinajstić information content (AvgIpc) is 3.18. The zero-order valence-corrected chi connectivity index (χ0v) is 14.4. The van der Waals surface area contributed by atoms with E-state index in [1.807, 2.05) is 57.8 Å². The Morgan fingerprint density at radius 1 is 1.00 bits per heavy atom. The van der Waals surface area contributed by atoms with Crippen LogP contribution >= 0.6 is 23.2 Å². The van der Waals surface area contributed by atoms with E-state index in [4.69, 9.17) is 33.3 Å². The highest BCUT2D eigenvalue weighted by Gasteiger charge is 2.25. The van der Waals surface area contributed by atoms with Gasteiger partial charge in [-0.15, -0.1) is 0 Å². The van der Waals surface area contributed by atoms with Crippen LogP contribution in [0, 0.1) is 0 Å². The van der Waals surface area contributed by atoms with E-state index in [0.29, 0.717) is 22.5 Å². The number of hydrogen-bond donors (Lipinski definition) is 0. The summed E-state index contributed by atoms with van der Waals surface area (Å²) in [6.45, 7) is 0.486. The summed E-state index contributed by atoms with van der Waals surface area (Å²) in [5, 5.41) is 5.80. The first-order chi connectivity index (χ1) is 12.2. The molecule has 0 saturated heterocycles. The van der Waals surface area contributed by atoms with Gasteiger partial charge in [0.05, 0.1) is 17.9 Å². The number of nitrogens with zero attached hydrogens (tertiary/aromatic N) is 5. The second-order valence-electron chi connectivity index (χ2n) is 5.80. The average molecular weight is 368 g/mol. The van der Waals surface area contributed by atoms with Crippen LogP contribution in [-0.2, 0) is 6.54 Å². The molecule has 2 aromatic heterocycles. The van der Waals surface area contributed by atoms with Crippen molar-refractivity contribution < 1.29 is 0 Å². The monoisotopic (exact) mass is 367 g/mol.